The summed E-state index contributed by atoms with van der Waals surface area (Å²) in [5.74, 6) is -0.644. The number of benzene rings is 1. The van der Waals surface area contributed by atoms with E-state index in [4.69, 9.17) is 0 Å². The van der Waals surface area contributed by atoms with Crippen LogP contribution in [0.2, 0.25) is 0 Å². The number of nitrogens with one attached hydrogen (secondary N) is 1. The third-order valence-electron chi connectivity index (χ3n) is 3.78. The van der Waals surface area contributed by atoms with E-state index < -0.39 is 11.6 Å². The van der Waals surface area contributed by atoms with Crippen molar-refractivity contribution in [2.24, 2.45) is 5.92 Å². The normalized spacial score (nSPS) is 17.4. The molecule has 1 unspecified atom stereocenters. The third-order valence-corrected chi connectivity index (χ3v) is 3.78. The minimum atomic E-state index is -0.607. The van der Waals surface area contributed by atoms with Gasteiger partial charge in [0, 0.05) is 31.6 Å². The van der Waals surface area contributed by atoms with Crippen LogP contribution in [-0.2, 0) is 11.3 Å². The number of halogens is 3. The average Bonchev–Trinajstić information content (AvgIpc) is 2.92. The van der Waals surface area contributed by atoms with Crippen molar-refractivity contribution in [3.63, 3.8) is 0 Å². The molecule has 1 N–H and O–H groups in total. The summed E-state index contributed by atoms with van der Waals surface area (Å²) in [6.07, 6.45) is 2.46. The summed E-state index contributed by atoms with van der Waals surface area (Å²) in [4.78, 5) is 13.5. The van der Waals surface area contributed by atoms with E-state index in [1.807, 2.05) is 0 Å². The number of hydrogen-bond acceptors (Lipinski definition) is 2. The van der Waals surface area contributed by atoms with Crippen molar-refractivity contribution in [2.75, 3.05) is 20.1 Å². The predicted molar refractivity (Wildman–Crippen MR) is 80.3 cm³/mol. The largest absolute Gasteiger partial charge is 0.341 e. The molecule has 0 bridgehead atoms. The van der Waals surface area contributed by atoms with Crippen molar-refractivity contribution >= 4 is 18.3 Å². The van der Waals surface area contributed by atoms with Crippen LogP contribution in [-0.4, -0.2) is 30.9 Å². The molecule has 1 aliphatic rings. The second kappa shape index (κ2) is 8.29. The number of rotatable bonds is 5. The highest BCUT2D eigenvalue weighted by atomic mass is 35.5. The van der Waals surface area contributed by atoms with Crippen LogP contribution in [0.3, 0.4) is 0 Å². The maximum Gasteiger partial charge on any atom is 0.222 e. The molecule has 1 aliphatic heterocycles. The van der Waals surface area contributed by atoms with Crippen molar-refractivity contribution in [3.05, 3.63) is 35.4 Å². The molecule has 1 aromatic carbocycles. The molecule has 2 rings (SSSR count). The first-order chi connectivity index (χ1) is 9.56. The van der Waals surface area contributed by atoms with Crippen molar-refractivity contribution in [3.8, 4) is 0 Å². The Kier molecular flexibility index (Phi) is 7.05. The Bertz CT molecular complexity index is 479. The van der Waals surface area contributed by atoms with Gasteiger partial charge in [0.25, 0.3) is 0 Å². The van der Waals surface area contributed by atoms with Gasteiger partial charge in [-0.05, 0) is 37.9 Å². The standard InChI is InChI=1S/C15H20F2N2O.ClH/c1-19(10-12-3-4-13(16)8-14(12)17)15(20)5-2-11-6-7-18-9-11;/h3-4,8,11,18H,2,5-7,9-10H2,1H3;1H. The van der Waals surface area contributed by atoms with E-state index in [0.717, 1.165) is 32.0 Å². The molecule has 118 valence electrons. The summed E-state index contributed by atoms with van der Waals surface area (Å²) < 4.78 is 26.3. The van der Waals surface area contributed by atoms with Gasteiger partial charge in [0.1, 0.15) is 11.6 Å². The first kappa shape index (κ1) is 17.9. The summed E-state index contributed by atoms with van der Waals surface area (Å²) in [6, 6.07) is 3.44. The number of amides is 1. The lowest BCUT2D eigenvalue weighted by atomic mass is 10.0. The van der Waals surface area contributed by atoms with E-state index in [-0.39, 0.29) is 24.9 Å². The van der Waals surface area contributed by atoms with Crippen LogP contribution in [0.1, 0.15) is 24.8 Å². The predicted octanol–water partition coefficient (Wildman–Crippen LogP) is 2.73. The van der Waals surface area contributed by atoms with Gasteiger partial charge in [0.05, 0.1) is 0 Å². The van der Waals surface area contributed by atoms with Gasteiger partial charge in [0.15, 0.2) is 0 Å². The molecule has 1 saturated heterocycles. The van der Waals surface area contributed by atoms with Gasteiger partial charge >= 0.3 is 0 Å². The van der Waals surface area contributed by atoms with Crippen LogP contribution in [0.25, 0.3) is 0 Å². The molecule has 1 fully saturated rings. The number of carbonyl (C=O) groups excluding carboxylic acids is 1. The number of carbonyl (C=O) groups is 1. The molecule has 3 nitrogen and oxygen atoms in total. The van der Waals surface area contributed by atoms with Gasteiger partial charge in [0.2, 0.25) is 5.91 Å². The Hall–Kier alpha value is -1.20. The molecule has 1 atom stereocenters. The molecule has 0 spiro atoms. The first-order valence-electron chi connectivity index (χ1n) is 6.95. The van der Waals surface area contributed by atoms with Gasteiger partial charge in [-0.2, -0.15) is 0 Å². The smallest absolute Gasteiger partial charge is 0.222 e. The molecule has 21 heavy (non-hydrogen) atoms. The molecule has 1 amide bonds. The van der Waals surface area contributed by atoms with Crippen LogP contribution in [0.15, 0.2) is 18.2 Å². The van der Waals surface area contributed by atoms with Crippen LogP contribution in [0.4, 0.5) is 8.78 Å². The molecule has 6 heteroatoms. The van der Waals surface area contributed by atoms with Gasteiger partial charge in [-0.15, -0.1) is 12.4 Å². The van der Waals surface area contributed by atoms with Crippen LogP contribution >= 0.6 is 12.4 Å². The second-order valence-electron chi connectivity index (χ2n) is 5.38. The summed E-state index contributed by atoms with van der Waals surface area (Å²) >= 11 is 0. The fraction of sp³-hybridized carbons (Fsp3) is 0.533. The van der Waals surface area contributed by atoms with Crippen LogP contribution in [0.5, 0.6) is 0 Å². The molecular weight excluding hydrogens is 298 g/mol. The summed E-state index contributed by atoms with van der Waals surface area (Å²) in [6.45, 7) is 2.17. The molecule has 1 heterocycles. The monoisotopic (exact) mass is 318 g/mol. The summed E-state index contributed by atoms with van der Waals surface area (Å²) in [5, 5.41) is 3.27. The first-order valence-corrected chi connectivity index (χ1v) is 6.95. The van der Waals surface area contributed by atoms with Crippen molar-refractivity contribution < 1.29 is 13.6 Å². The molecular formula is C15H21ClF2N2O. The van der Waals surface area contributed by atoms with Crippen LogP contribution < -0.4 is 5.32 Å². The Balaban J connectivity index is 0.00000220. The SMILES string of the molecule is CN(Cc1ccc(F)cc1F)C(=O)CCC1CCNC1.Cl. The van der Waals surface area contributed by atoms with Crippen molar-refractivity contribution in [1.82, 2.24) is 10.2 Å². The Morgan fingerprint density at radius 3 is 2.81 bits per heavy atom. The van der Waals surface area contributed by atoms with E-state index in [9.17, 15) is 13.6 Å². The van der Waals surface area contributed by atoms with Crippen molar-refractivity contribution in [1.29, 1.82) is 0 Å². The van der Waals surface area contributed by atoms with Gasteiger partial charge in [-0.1, -0.05) is 6.07 Å². The van der Waals surface area contributed by atoms with E-state index in [2.05, 4.69) is 5.32 Å². The lowest BCUT2D eigenvalue weighted by molar-refractivity contribution is -0.130. The molecule has 0 aromatic heterocycles. The molecule has 0 radical (unpaired) electrons. The minimum Gasteiger partial charge on any atom is -0.341 e. The summed E-state index contributed by atoms with van der Waals surface area (Å²) in [5.41, 5.74) is 0.338. The fourth-order valence-corrected chi connectivity index (χ4v) is 2.47. The lowest BCUT2D eigenvalue weighted by Crippen LogP contribution is -2.27. The Morgan fingerprint density at radius 1 is 1.43 bits per heavy atom. The highest BCUT2D eigenvalue weighted by molar-refractivity contribution is 5.85. The summed E-state index contributed by atoms with van der Waals surface area (Å²) in [7, 11) is 1.65. The van der Waals surface area contributed by atoms with Gasteiger partial charge in [-0.25, -0.2) is 8.78 Å². The highest BCUT2D eigenvalue weighted by Crippen LogP contribution is 2.16. The molecule has 0 saturated carbocycles. The number of nitrogens with zero attached hydrogens (tertiary/aromatic N) is 1. The second-order valence-corrected chi connectivity index (χ2v) is 5.38. The zero-order chi connectivity index (χ0) is 14.5. The van der Waals surface area contributed by atoms with Gasteiger partial charge < -0.3 is 10.2 Å². The van der Waals surface area contributed by atoms with E-state index >= 15 is 0 Å². The zero-order valence-corrected chi connectivity index (χ0v) is 12.9. The molecule has 1 aromatic rings. The quantitative estimate of drug-likeness (QED) is 0.905. The number of hydrogen-bond donors (Lipinski definition) is 1. The van der Waals surface area contributed by atoms with Gasteiger partial charge in [-0.3, -0.25) is 4.79 Å². The Morgan fingerprint density at radius 2 is 2.19 bits per heavy atom. The third kappa shape index (κ3) is 5.25. The highest BCUT2D eigenvalue weighted by Gasteiger charge is 2.18. The maximum absolute atomic E-state index is 13.5. The molecule has 0 aliphatic carbocycles. The van der Waals surface area contributed by atoms with E-state index in [0.29, 0.717) is 17.9 Å². The average molecular weight is 319 g/mol. The maximum atomic E-state index is 13.5. The van der Waals surface area contributed by atoms with Crippen LogP contribution in [0, 0.1) is 17.6 Å². The topological polar surface area (TPSA) is 32.3 Å². The van der Waals surface area contributed by atoms with Crippen molar-refractivity contribution in [2.45, 2.75) is 25.8 Å². The Labute approximate surface area is 130 Å². The van der Waals surface area contributed by atoms with E-state index in [1.54, 1.807) is 7.05 Å². The lowest BCUT2D eigenvalue weighted by Gasteiger charge is -2.18. The fourth-order valence-electron chi connectivity index (χ4n) is 2.47. The van der Waals surface area contributed by atoms with E-state index in [1.165, 1.54) is 17.0 Å². The zero-order valence-electron chi connectivity index (χ0n) is 12.1. The minimum absolute atomic E-state index is 0.